The molecule has 150 valence electrons. The van der Waals surface area contributed by atoms with Crippen molar-refractivity contribution in [1.82, 2.24) is 9.78 Å². The predicted octanol–water partition coefficient (Wildman–Crippen LogP) is 7.26. The molecule has 2 heterocycles. The van der Waals surface area contributed by atoms with E-state index in [1.165, 1.54) is 16.7 Å². The summed E-state index contributed by atoms with van der Waals surface area (Å²) < 4.78 is 1.91. The third-order valence-corrected chi connectivity index (χ3v) is 6.36. The van der Waals surface area contributed by atoms with E-state index < -0.39 is 0 Å². The number of nitrogens with one attached hydrogen (secondary N) is 1. The first-order chi connectivity index (χ1) is 14.7. The quantitative estimate of drug-likeness (QED) is 0.368. The Morgan fingerprint density at radius 3 is 2.30 bits per heavy atom. The summed E-state index contributed by atoms with van der Waals surface area (Å²) in [6.07, 6.45) is 3.24. The van der Waals surface area contributed by atoms with Crippen LogP contribution in [-0.4, -0.2) is 16.3 Å². The Labute approximate surface area is 186 Å². The molecule has 3 nitrogen and oxygen atoms in total. The Hall–Kier alpha value is -2.75. The summed E-state index contributed by atoms with van der Waals surface area (Å²) in [7, 11) is 0. The maximum absolute atomic E-state index is 6.53. The van der Waals surface area contributed by atoms with E-state index in [0.29, 0.717) is 10.0 Å². The number of benzene rings is 3. The maximum atomic E-state index is 6.53. The van der Waals surface area contributed by atoms with E-state index >= 15 is 0 Å². The first-order valence-electron chi connectivity index (χ1n) is 10.2. The lowest BCUT2D eigenvalue weighted by Crippen LogP contribution is -2.07. The monoisotopic (exact) mass is 433 g/mol. The molecule has 0 fully saturated rings. The largest absolute Gasteiger partial charge is 0.370 e. The highest BCUT2D eigenvalue weighted by molar-refractivity contribution is 6.43. The third-order valence-electron chi connectivity index (χ3n) is 5.55. The highest BCUT2D eigenvalue weighted by Crippen LogP contribution is 2.37. The molecule has 0 saturated carbocycles. The SMILES string of the molecule is Clc1cccc(-n2nc(-c3ccc(-c4ccccc4)cc3)c3c2NCCCC3)c1Cl. The standard InChI is InChI=1S/C25H21Cl2N3/c26-21-10-6-11-22(23(21)27)30-25-20(9-4-5-16-28-25)24(29-30)19-14-12-18(13-15-19)17-7-2-1-3-8-17/h1-3,6-8,10-15,28H,4-5,9,16H2. The molecule has 5 rings (SSSR count). The highest BCUT2D eigenvalue weighted by Gasteiger charge is 2.23. The summed E-state index contributed by atoms with van der Waals surface area (Å²) in [5, 5.41) is 9.60. The van der Waals surface area contributed by atoms with Crippen molar-refractivity contribution in [2.75, 3.05) is 11.9 Å². The number of fused-ring (bicyclic) bond motifs is 1. The van der Waals surface area contributed by atoms with E-state index in [1.54, 1.807) is 6.07 Å². The van der Waals surface area contributed by atoms with Gasteiger partial charge in [-0.3, -0.25) is 0 Å². The van der Waals surface area contributed by atoms with Crippen molar-refractivity contribution in [1.29, 1.82) is 0 Å². The van der Waals surface area contributed by atoms with E-state index in [4.69, 9.17) is 28.3 Å². The number of rotatable bonds is 3. The van der Waals surface area contributed by atoms with E-state index in [1.807, 2.05) is 22.9 Å². The molecule has 1 aromatic heterocycles. The van der Waals surface area contributed by atoms with Crippen LogP contribution in [-0.2, 0) is 6.42 Å². The van der Waals surface area contributed by atoms with E-state index in [-0.39, 0.29) is 0 Å². The summed E-state index contributed by atoms with van der Waals surface area (Å²) >= 11 is 12.8. The smallest absolute Gasteiger partial charge is 0.133 e. The molecule has 0 bridgehead atoms. The van der Waals surface area contributed by atoms with Crippen LogP contribution in [0.2, 0.25) is 10.0 Å². The molecule has 0 radical (unpaired) electrons. The minimum absolute atomic E-state index is 0.515. The summed E-state index contributed by atoms with van der Waals surface area (Å²) in [6, 6.07) is 24.7. The van der Waals surface area contributed by atoms with Gasteiger partial charge in [0.05, 0.1) is 21.4 Å². The number of nitrogens with zero attached hydrogens (tertiary/aromatic N) is 2. The predicted molar refractivity (Wildman–Crippen MR) is 126 cm³/mol. The Bertz CT molecular complexity index is 1180. The highest BCUT2D eigenvalue weighted by atomic mass is 35.5. The molecule has 1 aliphatic rings. The Kier molecular flexibility index (Phi) is 5.24. The van der Waals surface area contributed by atoms with Gasteiger partial charge in [0, 0.05) is 17.7 Å². The molecule has 1 N–H and O–H groups in total. The van der Waals surface area contributed by atoms with Gasteiger partial charge in [0.25, 0.3) is 0 Å². The molecule has 3 aromatic carbocycles. The van der Waals surface area contributed by atoms with Gasteiger partial charge in [-0.1, -0.05) is 83.9 Å². The lowest BCUT2D eigenvalue weighted by atomic mass is 10.00. The molecular weight excluding hydrogens is 413 g/mol. The molecule has 0 atom stereocenters. The molecule has 4 aromatic rings. The van der Waals surface area contributed by atoms with Crippen molar-refractivity contribution >= 4 is 29.0 Å². The Balaban J connectivity index is 1.62. The van der Waals surface area contributed by atoms with Crippen LogP contribution in [0.5, 0.6) is 0 Å². The fraction of sp³-hybridized carbons (Fsp3) is 0.160. The van der Waals surface area contributed by atoms with Gasteiger partial charge in [0.2, 0.25) is 0 Å². The first-order valence-corrected chi connectivity index (χ1v) is 10.9. The van der Waals surface area contributed by atoms with E-state index in [0.717, 1.165) is 48.6 Å². The molecule has 30 heavy (non-hydrogen) atoms. The van der Waals surface area contributed by atoms with Crippen LogP contribution < -0.4 is 5.32 Å². The minimum Gasteiger partial charge on any atom is -0.370 e. The second kappa shape index (κ2) is 8.17. The molecule has 5 heteroatoms. The van der Waals surface area contributed by atoms with Gasteiger partial charge in [-0.15, -0.1) is 0 Å². The van der Waals surface area contributed by atoms with Crippen LogP contribution >= 0.6 is 23.2 Å². The number of hydrogen-bond donors (Lipinski definition) is 1. The first kappa shape index (κ1) is 19.2. The number of hydrogen-bond acceptors (Lipinski definition) is 2. The molecule has 1 aliphatic heterocycles. The lowest BCUT2D eigenvalue weighted by molar-refractivity contribution is 0.780. The Morgan fingerprint density at radius 2 is 1.50 bits per heavy atom. The van der Waals surface area contributed by atoms with Crippen molar-refractivity contribution in [3.8, 4) is 28.1 Å². The minimum atomic E-state index is 0.515. The van der Waals surface area contributed by atoms with Crippen molar-refractivity contribution in [2.45, 2.75) is 19.3 Å². The van der Waals surface area contributed by atoms with Crippen LogP contribution in [0.1, 0.15) is 18.4 Å². The van der Waals surface area contributed by atoms with Gasteiger partial charge in [0.1, 0.15) is 5.82 Å². The van der Waals surface area contributed by atoms with E-state index in [9.17, 15) is 0 Å². The van der Waals surface area contributed by atoms with Crippen LogP contribution in [0.15, 0.2) is 72.8 Å². The zero-order valence-corrected chi connectivity index (χ0v) is 17.9. The van der Waals surface area contributed by atoms with Crippen LogP contribution in [0.4, 0.5) is 5.82 Å². The van der Waals surface area contributed by atoms with Crippen LogP contribution in [0.3, 0.4) is 0 Å². The van der Waals surface area contributed by atoms with Gasteiger partial charge in [-0.2, -0.15) is 5.10 Å². The fourth-order valence-electron chi connectivity index (χ4n) is 4.02. The molecule has 0 saturated heterocycles. The molecule has 0 aliphatic carbocycles. The molecular formula is C25H21Cl2N3. The van der Waals surface area contributed by atoms with Crippen molar-refractivity contribution in [3.05, 3.63) is 88.4 Å². The van der Waals surface area contributed by atoms with Crippen LogP contribution in [0.25, 0.3) is 28.1 Å². The molecule has 0 amide bonds. The average molecular weight is 434 g/mol. The number of aromatic nitrogens is 2. The lowest BCUT2D eigenvalue weighted by Gasteiger charge is -2.11. The summed E-state index contributed by atoms with van der Waals surface area (Å²) in [4.78, 5) is 0. The van der Waals surface area contributed by atoms with Gasteiger partial charge in [-0.05, 0) is 42.5 Å². The van der Waals surface area contributed by atoms with Crippen LogP contribution in [0, 0.1) is 0 Å². The van der Waals surface area contributed by atoms with Gasteiger partial charge in [-0.25, -0.2) is 4.68 Å². The Morgan fingerprint density at radius 1 is 0.767 bits per heavy atom. The average Bonchev–Trinajstić information content (AvgIpc) is 2.97. The summed E-state index contributed by atoms with van der Waals surface area (Å²) in [5.74, 6) is 1.01. The maximum Gasteiger partial charge on any atom is 0.133 e. The zero-order chi connectivity index (χ0) is 20.5. The number of halogens is 2. The second-order valence-electron chi connectivity index (χ2n) is 7.49. The topological polar surface area (TPSA) is 29.9 Å². The third kappa shape index (κ3) is 3.49. The number of anilines is 1. The second-order valence-corrected chi connectivity index (χ2v) is 8.27. The zero-order valence-electron chi connectivity index (χ0n) is 16.4. The summed E-state index contributed by atoms with van der Waals surface area (Å²) in [5.41, 5.74) is 6.53. The van der Waals surface area contributed by atoms with Gasteiger partial charge < -0.3 is 5.32 Å². The summed E-state index contributed by atoms with van der Waals surface area (Å²) in [6.45, 7) is 0.920. The molecule has 0 unspecified atom stereocenters. The fourth-order valence-corrected chi connectivity index (χ4v) is 4.39. The van der Waals surface area contributed by atoms with Crippen molar-refractivity contribution < 1.29 is 0 Å². The van der Waals surface area contributed by atoms with Crippen molar-refractivity contribution in [2.24, 2.45) is 0 Å². The van der Waals surface area contributed by atoms with Gasteiger partial charge in [0.15, 0.2) is 0 Å². The normalized spacial score (nSPS) is 13.4. The molecule has 0 spiro atoms. The van der Waals surface area contributed by atoms with Crippen molar-refractivity contribution in [3.63, 3.8) is 0 Å². The van der Waals surface area contributed by atoms with Gasteiger partial charge >= 0.3 is 0 Å². The van der Waals surface area contributed by atoms with E-state index in [2.05, 4.69) is 53.8 Å².